The number of amides is 1. The number of carbonyl (C=O) groups is 2. The summed E-state index contributed by atoms with van der Waals surface area (Å²) in [4.78, 5) is 40.8. The van der Waals surface area contributed by atoms with Crippen molar-refractivity contribution < 1.29 is 19.1 Å². The van der Waals surface area contributed by atoms with Gasteiger partial charge in [0, 0.05) is 51.2 Å². The van der Waals surface area contributed by atoms with Crippen LogP contribution in [0.3, 0.4) is 0 Å². The van der Waals surface area contributed by atoms with Crippen molar-refractivity contribution in [2.24, 2.45) is 4.99 Å². The van der Waals surface area contributed by atoms with E-state index in [9.17, 15) is 9.59 Å². The molecule has 0 radical (unpaired) electrons. The molecule has 4 heterocycles. The molecule has 0 spiro atoms. The molecule has 0 unspecified atom stereocenters. The van der Waals surface area contributed by atoms with Crippen molar-refractivity contribution in [3.8, 4) is 0 Å². The Hall–Kier alpha value is -4.24. The van der Waals surface area contributed by atoms with Crippen LogP contribution >= 0.6 is 22.7 Å². The Labute approximate surface area is 294 Å². The zero-order valence-corrected chi connectivity index (χ0v) is 31.3. The quantitative estimate of drug-likeness (QED) is 0.0772. The van der Waals surface area contributed by atoms with E-state index in [1.54, 1.807) is 23.2 Å². The van der Waals surface area contributed by atoms with Crippen LogP contribution in [0.15, 0.2) is 65.7 Å². The highest BCUT2D eigenvalue weighted by Gasteiger charge is 2.37. The van der Waals surface area contributed by atoms with Gasteiger partial charge in [0.15, 0.2) is 27.3 Å². The van der Waals surface area contributed by atoms with Crippen LogP contribution in [0.1, 0.15) is 44.1 Å². The highest BCUT2D eigenvalue weighted by Crippen LogP contribution is 2.39. The van der Waals surface area contributed by atoms with Crippen molar-refractivity contribution in [3.05, 3.63) is 87.2 Å². The van der Waals surface area contributed by atoms with Gasteiger partial charge in [-0.25, -0.2) is 9.78 Å². The standard InChI is InChI=1S/C35H41N7O4S2Si/c1-7-46-33(44)29-30(25-20-41(21-25)32(43)24-13-9-8-10-14-24)48-34(36-29)40(3)28-19-23(2)31(39-38-28)37-35-42(22-45-17-18-49(4,5)6)26-15-11-12-16-27(26)47-35/h8-16,19,25H,7,17-18,20-22H2,1-6H3/b37-35-. The summed E-state index contributed by atoms with van der Waals surface area (Å²) in [6.45, 7) is 13.1. The third-order valence-corrected chi connectivity index (χ3v) is 12.3. The molecule has 0 atom stereocenters. The fraction of sp³-hybridized carbons (Fsp3) is 0.371. The second kappa shape index (κ2) is 14.7. The van der Waals surface area contributed by atoms with Crippen LogP contribution in [0.5, 0.6) is 0 Å². The third kappa shape index (κ3) is 7.82. The maximum atomic E-state index is 13.0. The number of likely N-dealkylation sites (tertiary alicyclic amines) is 1. The van der Waals surface area contributed by atoms with Crippen molar-refractivity contribution in [1.29, 1.82) is 0 Å². The zero-order chi connectivity index (χ0) is 34.7. The first-order valence-electron chi connectivity index (χ1n) is 16.3. The second-order valence-electron chi connectivity index (χ2n) is 13.2. The van der Waals surface area contributed by atoms with E-state index in [-0.39, 0.29) is 24.1 Å². The highest BCUT2D eigenvalue weighted by molar-refractivity contribution is 7.16. The summed E-state index contributed by atoms with van der Waals surface area (Å²) < 4.78 is 14.7. The Bertz CT molecular complexity index is 2030. The van der Waals surface area contributed by atoms with E-state index in [1.807, 2.05) is 67.4 Å². The Morgan fingerprint density at radius 1 is 1.04 bits per heavy atom. The topological polar surface area (TPSA) is 115 Å². The number of nitrogens with zero attached hydrogens (tertiary/aromatic N) is 7. The minimum Gasteiger partial charge on any atom is -0.461 e. The van der Waals surface area contributed by atoms with Crippen LogP contribution in [0.4, 0.5) is 16.8 Å². The minimum atomic E-state index is -1.21. The van der Waals surface area contributed by atoms with Gasteiger partial charge in [0.25, 0.3) is 5.91 Å². The summed E-state index contributed by atoms with van der Waals surface area (Å²) in [6.07, 6.45) is 0. The Kier molecular flexibility index (Phi) is 10.4. The molecule has 0 saturated carbocycles. The third-order valence-electron chi connectivity index (χ3n) is 8.25. The summed E-state index contributed by atoms with van der Waals surface area (Å²) in [6, 6.07) is 20.4. The molecule has 1 aliphatic rings. The molecular formula is C35H41N7O4S2Si. The lowest BCUT2D eigenvalue weighted by Gasteiger charge is -2.39. The maximum Gasteiger partial charge on any atom is 0.358 e. The maximum absolute atomic E-state index is 13.0. The molecule has 14 heteroatoms. The number of ether oxygens (including phenoxy) is 2. The van der Waals surface area contributed by atoms with Gasteiger partial charge in [0.1, 0.15) is 6.73 Å². The number of para-hydroxylation sites is 1. The predicted molar refractivity (Wildman–Crippen MR) is 197 cm³/mol. The molecule has 1 saturated heterocycles. The summed E-state index contributed by atoms with van der Waals surface area (Å²) in [5.74, 6) is 0.570. The van der Waals surface area contributed by atoms with Gasteiger partial charge in [-0.05, 0) is 55.8 Å². The van der Waals surface area contributed by atoms with Gasteiger partial charge in [0.2, 0.25) is 0 Å². The fourth-order valence-electron chi connectivity index (χ4n) is 5.35. The first kappa shape index (κ1) is 34.6. The molecule has 5 aromatic rings. The van der Waals surface area contributed by atoms with Gasteiger partial charge in [-0.2, -0.15) is 4.99 Å². The van der Waals surface area contributed by atoms with Gasteiger partial charge >= 0.3 is 5.97 Å². The SMILES string of the molecule is CCOC(=O)c1nc(N(C)c2cc(C)c(/N=c3\sc4ccccc4n3COCC[Si](C)(C)C)nn2)sc1C1CN(C(=O)c2ccccc2)C1. The van der Waals surface area contributed by atoms with Crippen LogP contribution in [-0.4, -0.2) is 77.9 Å². The van der Waals surface area contributed by atoms with Crippen LogP contribution in [0.25, 0.3) is 10.2 Å². The fourth-order valence-corrected chi connectivity index (χ4v) is 8.23. The number of carbonyl (C=O) groups excluding carboxylic acids is 2. The van der Waals surface area contributed by atoms with Crippen LogP contribution < -0.4 is 9.70 Å². The molecule has 0 bridgehead atoms. The van der Waals surface area contributed by atoms with E-state index in [0.717, 1.165) is 31.5 Å². The van der Waals surface area contributed by atoms with Crippen molar-refractivity contribution in [2.45, 2.75) is 52.2 Å². The molecule has 49 heavy (non-hydrogen) atoms. The monoisotopic (exact) mass is 715 g/mol. The van der Waals surface area contributed by atoms with Gasteiger partial charge < -0.3 is 19.3 Å². The number of aryl methyl sites for hydroxylation is 1. The van der Waals surface area contributed by atoms with E-state index in [1.165, 1.54) is 11.3 Å². The summed E-state index contributed by atoms with van der Waals surface area (Å²) >= 11 is 3.00. The number of benzene rings is 2. The lowest BCUT2D eigenvalue weighted by molar-refractivity contribution is 0.0513. The lowest BCUT2D eigenvalue weighted by atomic mass is 9.96. The second-order valence-corrected chi connectivity index (χ2v) is 20.9. The number of hydrogen-bond acceptors (Lipinski definition) is 11. The minimum absolute atomic E-state index is 0.0202. The van der Waals surface area contributed by atoms with Crippen LogP contribution in [-0.2, 0) is 16.2 Å². The first-order valence-corrected chi connectivity index (χ1v) is 21.7. The summed E-state index contributed by atoms with van der Waals surface area (Å²) in [7, 11) is 0.641. The molecule has 1 fully saturated rings. The summed E-state index contributed by atoms with van der Waals surface area (Å²) in [5.41, 5.74) is 2.84. The molecule has 1 aliphatic heterocycles. The number of esters is 1. The van der Waals surface area contributed by atoms with E-state index in [4.69, 9.17) is 19.5 Å². The number of anilines is 2. The Morgan fingerprint density at radius 3 is 2.49 bits per heavy atom. The number of hydrogen-bond donors (Lipinski definition) is 0. The first-order chi connectivity index (χ1) is 23.5. The smallest absolute Gasteiger partial charge is 0.358 e. The number of fused-ring (bicyclic) bond motifs is 1. The zero-order valence-electron chi connectivity index (χ0n) is 28.7. The lowest BCUT2D eigenvalue weighted by Crippen LogP contribution is -2.48. The van der Waals surface area contributed by atoms with E-state index in [2.05, 4.69) is 46.5 Å². The van der Waals surface area contributed by atoms with Gasteiger partial charge in [-0.1, -0.05) is 61.3 Å². The van der Waals surface area contributed by atoms with E-state index in [0.29, 0.717) is 48.8 Å². The van der Waals surface area contributed by atoms with E-state index >= 15 is 0 Å². The molecular weight excluding hydrogens is 675 g/mol. The molecule has 3 aromatic heterocycles. The molecule has 0 aliphatic carbocycles. The average molecular weight is 716 g/mol. The molecule has 0 N–H and O–H groups in total. The Balaban J connectivity index is 1.23. The summed E-state index contributed by atoms with van der Waals surface area (Å²) in [5, 5.41) is 9.62. The average Bonchev–Trinajstić information content (AvgIpc) is 3.65. The van der Waals surface area contributed by atoms with E-state index < -0.39 is 14.0 Å². The van der Waals surface area contributed by atoms with Gasteiger partial charge in [0.05, 0.1) is 16.8 Å². The van der Waals surface area contributed by atoms with Crippen LogP contribution in [0, 0.1) is 6.92 Å². The van der Waals surface area contributed by atoms with Gasteiger partial charge in [-0.3, -0.25) is 9.36 Å². The molecule has 2 aromatic carbocycles. The molecule has 6 rings (SSSR count). The number of rotatable bonds is 12. The molecule has 11 nitrogen and oxygen atoms in total. The highest BCUT2D eigenvalue weighted by atomic mass is 32.1. The van der Waals surface area contributed by atoms with Crippen molar-refractivity contribution in [3.63, 3.8) is 0 Å². The van der Waals surface area contributed by atoms with Crippen molar-refractivity contribution >= 4 is 69.6 Å². The predicted octanol–water partition coefficient (Wildman–Crippen LogP) is 6.99. The normalized spacial score (nSPS) is 13.9. The molecule has 1 amide bonds. The van der Waals surface area contributed by atoms with Crippen molar-refractivity contribution in [2.75, 3.05) is 38.3 Å². The van der Waals surface area contributed by atoms with Gasteiger partial charge in [-0.15, -0.1) is 21.5 Å². The number of aromatic nitrogens is 4. The largest absolute Gasteiger partial charge is 0.461 e. The number of thiazole rings is 2. The molecule has 256 valence electrons. The Morgan fingerprint density at radius 2 is 1.78 bits per heavy atom. The van der Waals surface area contributed by atoms with Crippen LogP contribution in [0.2, 0.25) is 25.7 Å². The van der Waals surface area contributed by atoms with Crippen molar-refractivity contribution in [1.82, 2.24) is 24.6 Å².